The molecule has 0 atom stereocenters. The second kappa shape index (κ2) is 9.56. The first kappa shape index (κ1) is 23.7. The van der Waals surface area contributed by atoms with Crippen molar-refractivity contribution in [1.82, 2.24) is 9.21 Å². The molecule has 0 bridgehead atoms. The summed E-state index contributed by atoms with van der Waals surface area (Å²) >= 11 is 0. The first-order valence-electron chi connectivity index (χ1n) is 12.4. The average Bonchev–Trinajstić information content (AvgIpc) is 3.50. The largest absolute Gasteiger partial charge is 0.347 e. The fraction of sp³-hybridized carbons (Fsp3) is 0.667. The van der Waals surface area contributed by atoms with Crippen molar-refractivity contribution in [1.29, 1.82) is 0 Å². The van der Waals surface area contributed by atoms with Crippen molar-refractivity contribution in [3.63, 3.8) is 0 Å². The molecule has 186 valence electrons. The van der Waals surface area contributed by atoms with Crippen LogP contribution in [0.15, 0.2) is 23.1 Å². The van der Waals surface area contributed by atoms with E-state index in [9.17, 15) is 18.0 Å². The number of ether oxygens (including phenoxy) is 2. The Kier molecular flexibility index (Phi) is 6.67. The van der Waals surface area contributed by atoms with E-state index in [0.717, 1.165) is 43.6 Å². The molecule has 0 aromatic heterocycles. The molecule has 2 amide bonds. The van der Waals surface area contributed by atoms with Crippen molar-refractivity contribution in [2.45, 2.75) is 62.0 Å². The molecule has 5 rings (SSSR count). The molecule has 3 fully saturated rings. The third-order valence-corrected chi connectivity index (χ3v) is 9.34. The number of nitrogens with zero attached hydrogens (tertiary/aromatic N) is 3. The molecule has 0 unspecified atom stereocenters. The van der Waals surface area contributed by atoms with Crippen LogP contribution in [-0.2, 0) is 35.5 Å². The van der Waals surface area contributed by atoms with Crippen molar-refractivity contribution in [2.24, 2.45) is 0 Å². The van der Waals surface area contributed by atoms with Gasteiger partial charge in [0.2, 0.25) is 21.8 Å². The highest BCUT2D eigenvalue weighted by Gasteiger charge is 2.43. The first-order chi connectivity index (χ1) is 16.4. The van der Waals surface area contributed by atoms with Gasteiger partial charge in [-0.15, -0.1) is 0 Å². The number of piperidine rings is 2. The zero-order chi connectivity index (χ0) is 23.8. The highest BCUT2D eigenvalue weighted by Crippen LogP contribution is 2.35. The molecule has 34 heavy (non-hydrogen) atoms. The van der Waals surface area contributed by atoms with E-state index in [1.165, 1.54) is 4.31 Å². The van der Waals surface area contributed by atoms with Gasteiger partial charge >= 0.3 is 0 Å². The summed E-state index contributed by atoms with van der Waals surface area (Å²) in [7, 11) is -3.63. The Balaban J connectivity index is 1.21. The fourth-order valence-electron chi connectivity index (χ4n) is 5.45. The minimum atomic E-state index is -3.63. The number of carbonyl (C=O) groups is 2. The van der Waals surface area contributed by atoms with Crippen LogP contribution in [0.3, 0.4) is 0 Å². The molecule has 1 spiro atoms. The van der Waals surface area contributed by atoms with Crippen LogP contribution in [0.4, 0.5) is 5.69 Å². The van der Waals surface area contributed by atoms with Gasteiger partial charge in [-0.1, -0.05) is 0 Å². The van der Waals surface area contributed by atoms with Crippen LogP contribution < -0.4 is 4.90 Å². The SMILES string of the molecule is O=C(CCC(=O)N1CCc2cc(S(=O)(=O)N3CCC4(CC3)OCCO4)ccc21)N1CCCCC1. The number of rotatable bonds is 5. The maximum atomic E-state index is 13.3. The Morgan fingerprint density at radius 2 is 1.56 bits per heavy atom. The predicted molar refractivity (Wildman–Crippen MR) is 125 cm³/mol. The summed E-state index contributed by atoms with van der Waals surface area (Å²) in [6.45, 7) is 3.91. The lowest BCUT2D eigenvalue weighted by molar-refractivity contribution is -0.179. The Bertz CT molecular complexity index is 1040. The summed E-state index contributed by atoms with van der Waals surface area (Å²) in [4.78, 5) is 29.1. The summed E-state index contributed by atoms with van der Waals surface area (Å²) < 4.78 is 39.4. The van der Waals surface area contributed by atoms with E-state index in [1.54, 1.807) is 23.1 Å². The zero-order valence-electron chi connectivity index (χ0n) is 19.5. The monoisotopic (exact) mass is 491 g/mol. The first-order valence-corrected chi connectivity index (χ1v) is 13.8. The fourth-order valence-corrected chi connectivity index (χ4v) is 6.94. The molecular weight excluding hydrogens is 458 g/mol. The van der Waals surface area contributed by atoms with E-state index in [2.05, 4.69) is 0 Å². The summed E-state index contributed by atoms with van der Waals surface area (Å²) in [6.07, 6.45) is 5.27. The number of likely N-dealkylation sites (tertiary alicyclic amines) is 1. The Labute approximate surface area is 201 Å². The number of amides is 2. The van der Waals surface area contributed by atoms with Gasteiger partial charge in [-0.05, 0) is 49.4 Å². The molecule has 3 saturated heterocycles. The Hall–Kier alpha value is -2.01. The van der Waals surface area contributed by atoms with Crippen molar-refractivity contribution in [2.75, 3.05) is 50.8 Å². The van der Waals surface area contributed by atoms with Crippen LogP contribution in [-0.4, -0.2) is 81.2 Å². The predicted octanol–water partition coefficient (Wildman–Crippen LogP) is 1.90. The van der Waals surface area contributed by atoms with Crippen LogP contribution >= 0.6 is 0 Å². The lowest BCUT2D eigenvalue weighted by Crippen LogP contribution is -2.47. The quantitative estimate of drug-likeness (QED) is 0.624. The molecule has 4 heterocycles. The number of hydrogen-bond acceptors (Lipinski definition) is 6. The van der Waals surface area contributed by atoms with E-state index in [4.69, 9.17) is 9.47 Å². The Morgan fingerprint density at radius 1 is 0.882 bits per heavy atom. The second-order valence-corrected chi connectivity index (χ2v) is 11.5. The number of anilines is 1. The molecule has 0 saturated carbocycles. The Morgan fingerprint density at radius 3 is 2.26 bits per heavy atom. The standard InChI is InChI=1S/C24H33N3O6S/c28-22(25-11-2-1-3-12-25)6-7-23(29)27-13-8-19-18-20(4-5-21(19)27)34(30,31)26-14-9-24(10-15-26)32-16-17-33-24/h4-5,18H,1-3,6-17H2. The molecule has 1 aromatic rings. The summed E-state index contributed by atoms with van der Waals surface area (Å²) in [5.41, 5.74) is 1.60. The van der Waals surface area contributed by atoms with Crippen LogP contribution in [0.25, 0.3) is 0 Å². The maximum absolute atomic E-state index is 13.3. The number of fused-ring (bicyclic) bond motifs is 1. The van der Waals surface area contributed by atoms with Gasteiger partial charge in [0.25, 0.3) is 0 Å². The summed E-state index contributed by atoms with van der Waals surface area (Å²) in [5, 5.41) is 0. The molecule has 0 N–H and O–H groups in total. The van der Waals surface area contributed by atoms with Crippen LogP contribution in [0.2, 0.25) is 0 Å². The minimum Gasteiger partial charge on any atom is -0.347 e. The van der Waals surface area contributed by atoms with Gasteiger partial charge in [0, 0.05) is 64.1 Å². The van der Waals surface area contributed by atoms with E-state index in [-0.39, 0.29) is 29.6 Å². The maximum Gasteiger partial charge on any atom is 0.243 e. The summed E-state index contributed by atoms with van der Waals surface area (Å²) in [6, 6.07) is 5.02. The molecule has 4 aliphatic rings. The highest BCUT2D eigenvalue weighted by atomic mass is 32.2. The van der Waals surface area contributed by atoms with Crippen molar-refractivity contribution in [3.8, 4) is 0 Å². The molecule has 10 heteroatoms. The van der Waals surface area contributed by atoms with Crippen LogP contribution in [0.1, 0.15) is 50.5 Å². The molecule has 0 radical (unpaired) electrons. The van der Waals surface area contributed by atoms with E-state index >= 15 is 0 Å². The number of sulfonamides is 1. The highest BCUT2D eigenvalue weighted by molar-refractivity contribution is 7.89. The van der Waals surface area contributed by atoms with Gasteiger partial charge in [0.05, 0.1) is 18.1 Å². The molecule has 4 aliphatic heterocycles. The van der Waals surface area contributed by atoms with Gasteiger partial charge in [-0.25, -0.2) is 8.42 Å². The van der Waals surface area contributed by atoms with E-state index in [0.29, 0.717) is 52.1 Å². The van der Waals surface area contributed by atoms with Crippen LogP contribution in [0.5, 0.6) is 0 Å². The third-order valence-electron chi connectivity index (χ3n) is 7.44. The van der Waals surface area contributed by atoms with Gasteiger partial charge in [-0.3, -0.25) is 9.59 Å². The molecule has 1 aromatic carbocycles. The third kappa shape index (κ3) is 4.60. The molecule has 0 aliphatic carbocycles. The topological polar surface area (TPSA) is 96.5 Å². The van der Waals surface area contributed by atoms with E-state index < -0.39 is 15.8 Å². The number of carbonyl (C=O) groups excluding carboxylic acids is 2. The van der Waals surface area contributed by atoms with Crippen molar-refractivity contribution in [3.05, 3.63) is 23.8 Å². The van der Waals surface area contributed by atoms with Gasteiger partial charge < -0.3 is 19.3 Å². The molecular formula is C24H33N3O6S. The minimum absolute atomic E-state index is 0.0469. The lowest BCUT2D eigenvalue weighted by atomic mass is 10.1. The zero-order valence-corrected chi connectivity index (χ0v) is 20.4. The van der Waals surface area contributed by atoms with E-state index in [1.807, 2.05) is 4.90 Å². The molecule has 9 nitrogen and oxygen atoms in total. The number of hydrogen-bond donors (Lipinski definition) is 0. The smallest absolute Gasteiger partial charge is 0.243 e. The van der Waals surface area contributed by atoms with Crippen molar-refractivity contribution >= 4 is 27.5 Å². The normalized spacial score (nSPS) is 22.8. The van der Waals surface area contributed by atoms with Gasteiger partial charge in [0.1, 0.15) is 0 Å². The lowest BCUT2D eigenvalue weighted by Gasteiger charge is -2.36. The number of benzene rings is 1. The summed E-state index contributed by atoms with van der Waals surface area (Å²) in [5.74, 6) is -0.663. The average molecular weight is 492 g/mol. The van der Waals surface area contributed by atoms with Gasteiger partial charge in [-0.2, -0.15) is 4.31 Å². The van der Waals surface area contributed by atoms with Crippen LogP contribution in [0, 0.1) is 0 Å². The van der Waals surface area contributed by atoms with Gasteiger partial charge in [0.15, 0.2) is 5.79 Å². The van der Waals surface area contributed by atoms with Crippen molar-refractivity contribution < 1.29 is 27.5 Å². The second-order valence-electron chi connectivity index (χ2n) is 9.54.